The maximum atomic E-state index is 13.3. The second kappa shape index (κ2) is 10.5. The number of benzene rings is 1. The first-order chi connectivity index (χ1) is 16.4. The lowest BCUT2D eigenvalue weighted by Gasteiger charge is -2.55. The van der Waals surface area contributed by atoms with Crippen molar-refractivity contribution in [2.45, 2.75) is 81.5 Å². The number of carbonyl (C=O) groups excluding carboxylic acids is 1. The molecule has 4 rings (SSSR count). The number of hydrogen-bond donors (Lipinski definition) is 2. The number of carboxylic acid groups (broad SMARTS) is 1. The Balaban J connectivity index is 1.65. The Morgan fingerprint density at radius 2 is 1.91 bits per heavy atom. The minimum absolute atomic E-state index is 0.0646. The summed E-state index contributed by atoms with van der Waals surface area (Å²) in [4.78, 5) is 28.2. The van der Waals surface area contributed by atoms with Crippen LogP contribution in [-0.2, 0) is 10.3 Å². The molecule has 8 heteroatoms. The van der Waals surface area contributed by atoms with Gasteiger partial charge in [0.05, 0.1) is 5.54 Å². The zero-order valence-corrected chi connectivity index (χ0v) is 21.6. The predicted molar refractivity (Wildman–Crippen MR) is 137 cm³/mol. The summed E-state index contributed by atoms with van der Waals surface area (Å²) in [5.41, 5.74) is 0.898. The lowest BCUT2D eigenvalue weighted by Crippen LogP contribution is -2.67. The Bertz CT molecular complexity index is 855. The molecule has 34 heavy (non-hydrogen) atoms. The van der Waals surface area contributed by atoms with Gasteiger partial charge in [0.15, 0.2) is 0 Å². The first-order valence-corrected chi connectivity index (χ1v) is 14.1. The maximum Gasteiger partial charge on any atom is 0.332 e. The Labute approximate surface area is 208 Å². The quantitative estimate of drug-likeness (QED) is 0.515. The van der Waals surface area contributed by atoms with E-state index in [2.05, 4.69) is 54.5 Å². The molecule has 1 heterocycles. The van der Waals surface area contributed by atoms with E-state index in [1.807, 2.05) is 16.3 Å². The van der Waals surface area contributed by atoms with Crippen LogP contribution in [0, 0.1) is 0 Å². The lowest BCUT2D eigenvalue weighted by molar-refractivity contribution is -0.171. The van der Waals surface area contributed by atoms with Crippen LogP contribution in [0.2, 0.25) is 0 Å². The largest absolute Gasteiger partial charge is 0.480 e. The van der Waals surface area contributed by atoms with E-state index in [0.29, 0.717) is 13.0 Å². The summed E-state index contributed by atoms with van der Waals surface area (Å²) in [6.45, 7) is 3.74. The molecule has 0 bridgehead atoms. The number of carbonyl (C=O) groups is 2. The van der Waals surface area contributed by atoms with Gasteiger partial charge in [-0.25, -0.2) is 9.80 Å². The first kappa shape index (κ1) is 25.3. The van der Waals surface area contributed by atoms with Gasteiger partial charge in [-0.1, -0.05) is 43.7 Å². The molecule has 0 unspecified atom stereocenters. The normalized spacial score (nSPS) is 28.4. The van der Waals surface area contributed by atoms with Gasteiger partial charge in [0.1, 0.15) is 6.04 Å². The van der Waals surface area contributed by atoms with E-state index < -0.39 is 12.0 Å². The first-order valence-electron chi connectivity index (χ1n) is 12.7. The summed E-state index contributed by atoms with van der Waals surface area (Å²) in [6, 6.07) is 10.1. The molecular formula is C26H40N4O3S. The highest BCUT2D eigenvalue weighted by molar-refractivity contribution is 7.98. The third-order valence-electron chi connectivity index (χ3n) is 8.61. The van der Waals surface area contributed by atoms with Gasteiger partial charge in [-0.3, -0.25) is 9.69 Å². The number of rotatable bonds is 10. The van der Waals surface area contributed by atoms with E-state index in [4.69, 9.17) is 0 Å². The third-order valence-corrected chi connectivity index (χ3v) is 9.26. The molecule has 0 radical (unpaired) electrons. The second-order valence-electron chi connectivity index (χ2n) is 10.2. The fourth-order valence-electron chi connectivity index (χ4n) is 6.22. The molecule has 2 aliphatic carbocycles. The molecule has 0 aromatic heterocycles. The van der Waals surface area contributed by atoms with Crippen LogP contribution in [-0.4, -0.2) is 81.8 Å². The molecule has 1 atom stereocenters. The number of nitrogens with zero attached hydrogens (tertiary/aromatic N) is 3. The zero-order valence-electron chi connectivity index (χ0n) is 20.8. The molecule has 2 N–H and O–H groups in total. The number of thioether (sulfide) groups is 1. The average Bonchev–Trinajstić information content (AvgIpc) is 3.13. The van der Waals surface area contributed by atoms with Crippen molar-refractivity contribution in [2.75, 3.05) is 32.1 Å². The highest BCUT2D eigenvalue weighted by atomic mass is 32.2. The number of nitrogens with one attached hydrogen (secondary N) is 1. The number of amides is 2. The van der Waals surface area contributed by atoms with E-state index in [0.717, 1.165) is 57.2 Å². The topological polar surface area (TPSA) is 76.1 Å². The van der Waals surface area contributed by atoms with Gasteiger partial charge in [0.25, 0.3) is 0 Å². The molecule has 1 spiro atoms. The SMILES string of the molecule is CCN(C)[C@]1(c2ccccc2)CC[C@@]2(CC1)CNC(=O)N2N(C1CCC1)[C@@H](CCSC)C(=O)O. The summed E-state index contributed by atoms with van der Waals surface area (Å²) < 4.78 is 0. The van der Waals surface area contributed by atoms with Crippen LogP contribution in [0.5, 0.6) is 0 Å². The highest BCUT2D eigenvalue weighted by Crippen LogP contribution is 2.49. The molecule has 1 saturated heterocycles. The Hall–Kier alpha value is -1.77. The Morgan fingerprint density at radius 3 is 2.44 bits per heavy atom. The van der Waals surface area contributed by atoms with Gasteiger partial charge in [0.2, 0.25) is 0 Å². The van der Waals surface area contributed by atoms with Crippen molar-refractivity contribution >= 4 is 23.8 Å². The summed E-state index contributed by atoms with van der Waals surface area (Å²) in [6.07, 6.45) is 9.13. The van der Waals surface area contributed by atoms with Crippen molar-refractivity contribution in [1.29, 1.82) is 0 Å². The maximum absolute atomic E-state index is 13.3. The molecule has 1 aromatic rings. The highest BCUT2D eigenvalue weighted by Gasteiger charge is 2.56. The van der Waals surface area contributed by atoms with Gasteiger partial charge in [0, 0.05) is 18.1 Å². The van der Waals surface area contributed by atoms with Gasteiger partial charge < -0.3 is 10.4 Å². The van der Waals surface area contributed by atoms with Crippen molar-refractivity contribution in [2.24, 2.45) is 0 Å². The standard InChI is InChI=1S/C26H40N4O3S/c1-4-28(2)26(20-9-6-5-7-10-20)16-14-25(15-17-26)19-27-24(33)30(25)29(21-11-8-12-21)22(23(31)32)13-18-34-3/h5-7,9-10,21-22H,4,8,11-19H2,1-3H3,(H,27,33)(H,31,32)/t22-,25-,26-/m0/s1. The van der Waals surface area contributed by atoms with Gasteiger partial charge in [-0.15, -0.1) is 0 Å². The van der Waals surface area contributed by atoms with Crippen molar-refractivity contribution in [3.8, 4) is 0 Å². The van der Waals surface area contributed by atoms with Gasteiger partial charge in [-0.2, -0.15) is 16.8 Å². The van der Waals surface area contributed by atoms with Crippen LogP contribution in [0.4, 0.5) is 4.79 Å². The van der Waals surface area contributed by atoms with Crippen LogP contribution in [0.15, 0.2) is 30.3 Å². The molecule has 7 nitrogen and oxygen atoms in total. The van der Waals surface area contributed by atoms with Crippen LogP contribution < -0.4 is 5.32 Å². The molecule has 188 valence electrons. The van der Waals surface area contributed by atoms with Gasteiger partial charge in [-0.05, 0) is 76.1 Å². The minimum atomic E-state index is -0.823. The van der Waals surface area contributed by atoms with Crippen LogP contribution in [0.1, 0.15) is 63.9 Å². The van der Waals surface area contributed by atoms with E-state index in [1.165, 1.54) is 5.56 Å². The van der Waals surface area contributed by atoms with Crippen molar-refractivity contribution in [3.63, 3.8) is 0 Å². The summed E-state index contributed by atoms with van der Waals surface area (Å²) in [7, 11) is 2.20. The molecule has 2 amide bonds. The summed E-state index contributed by atoms with van der Waals surface area (Å²) in [5, 5.41) is 17.2. The summed E-state index contributed by atoms with van der Waals surface area (Å²) in [5.74, 6) is -0.0582. The average molecular weight is 489 g/mol. The van der Waals surface area contributed by atoms with Crippen molar-refractivity contribution in [3.05, 3.63) is 35.9 Å². The minimum Gasteiger partial charge on any atom is -0.480 e. The molecule has 3 fully saturated rings. The van der Waals surface area contributed by atoms with E-state index in [-0.39, 0.29) is 23.2 Å². The molecule has 1 aromatic carbocycles. The lowest BCUT2D eigenvalue weighted by atomic mass is 9.68. The van der Waals surface area contributed by atoms with E-state index >= 15 is 0 Å². The van der Waals surface area contributed by atoms with Gasteiger partial charge >= 0.3 is 12.0 Å². The number of hydrazine groups is 1. The monoisotopic (exact) mass is 488 g/mol. The molecule has 2 saturated carbocycles. The van der Waals surface area contributed by atoms with E-state index in [1.54, 1.807) is 11.8 Å². The van der Waals surface area contributed by atoms with Crippen molar-refractivity contribution < 1.29 is 14.7 Å². The molecule has 3 aliphatic rings. The fraction of sp³-hybridized carbons (Fsp3) is 0.692. The molecular weight excluding hydrogens is 448 g/mol. The van der Waals surface area contributed by atoms with E-state index in [9.17, 15) is 14.7 Å². The third kappa shape index (κ3) is 4.44. The number of urea groups is 1. The summed E-state index contributed by atoms with van der Waals surface area (Å²) >= 11 is 1.66. The second-order valence-corrected chi connectivity index (χ2v) is 11.2. The zero-order chi connectivity index (χ0) is 24.3. The number of hydrogen-bond acceptors (Lipinski definition) is 5. The van der Waals surface area contributed by atoms with Crippen molar-refractivity contribution in [1.82, 2.24) is 20.2 Å². The fourth-order valence-corrected chi connectivity index (χ4v) is 6.68. The number of carboxylic acids is 1. The Kier molecular flexibility index (Phi) is 7.79. The van der Waals surface area contributed by atoms with Crippen LogP contribution in [0.25, 0.3) is 0 Å². The van der Waals surface area contributed by atoms with Crippen LogP contribution >= 0.6 is 11.8 Å². The predicted octanol–water partition coefficient (Wildman–Crippen LogP) is 4.15. The molecule has 1 aliphatic heterocycles. The van der Waals surface area contributed by atoms with Crippen LogP contribution in [0.3, 0.4) is 0 Å². The smallest absolute Gasteiger partial charge is 0.332 e. The number of aliphatic carboxylic acids is 1. The Morgan fingerprint density at radius 1 is 1.24 bits per heavy atom.